The average Bonchev–Trinajstić information content (AvgIpc) is 2.45. The van der Waals surface area contributed by atoms with E-state index >= 15 is 0 Å². The van der Waals surface area contributed by atoms with Crippen LogP contribution in [0.3, 0.4) is 0 Å². The van der Waals surface area contributed by atoms with Gasteiger partial charge in [0.15, 0.2) is 5.82 Å². The number of aromatic nitrogens is 2. The first-order valence-corrected chi connectivity index (χ1v) is 5.98. The van der Waals surface area contributed by atoms with Crippen LogP contribution in [0.5, 0.6) is 0 Å². The summed E-state index contributed by atoms with van der Waals surface area (Å²) in [6.45, 7) is 0. The SMILES string of the molecule is O=c1c(Cl)c(F)cnn1-c1cccc2ccccc12. The summed E-state index contributed by atoms with van der Waals surface area (Å²) in [5, 5.41) is 5.16. The van der Waals surface area contributed by atoms with Gasteiger partial charge >= 0.3 is 0 Å². The number of fused-ring (bicyclic) bond motifs is 1. The molecule has 0 saturated heterocycles. The molecule has 3 nitrogen and oxygen atoms in total. The van der Waals surface area contributed by atoms with Gasteiger partial charge in [0.25, 0.3) is 5.56 Å². The highest BCUT2D eigenvalue weighted by Crippen LogP contribution is 2.21. The molecule has 0 aliphatic heterocycles. The third-order valence-corrected chi connectivity index (χ3v) is 3.21. The zero-order chi connectivity index (χ0) is 13.4. The van der Waals surface area contributed by atoms with Crippen molar-refractivity contribution in [3.8, 4) is 5.69 Å². The number of halogens is 2. The molecule has 3 rings (SSSR count). The second-order valence-electron chi connectivity index (χ2n) is 4.02. The Morgan fingerprint density at radius 2 is 1.84 bits per heavy atom. The smallest absolute Gasteiger partial charge is 0.266 e. The summed E-state index contributed by atoms with van der Waals surface area (Å²) in [4.78, 5) is 12.0. The van der Waals surface area contributed by atoms with Crippen molar-refractivity contribution in [1.82, 2.24) is 9.78 Å². The molecule has 2 aromatic carbocycles. The van der Waals surface area contributed by atoms with Crippen LogP contribution in [0.2, 0.25) is 5.02 Å². The van der Waals surface area contributed by atoms with Gasteiger partial charge in [-0.3, -0.25) is 4.79 Å². The highest BCUT2D eigenvalue weighted by molar-refractivity contribution is 6.30. The van der Waals surface area contributed by atoms with Crippen molar-refractivity contribution >= 4 is 22.4 Å². The fourth-order valence-electron chi connectivity index (χ4n) is 1.98. The molecule has 0 unspecified atom stereocenters. The van der Waals surface area contributed by atoms with E-state index < -0.39 is 16.4 Å². The van der Waals surface area contributed by atoms with Gasteiger partial charge in [0, 0.05) is 5.39 Å². The topological polar surface area (TPSA) is 34.9 Å². The maximum absolute atomic E-state index is 13.2. The Morgan fingerprint density at radius 3 is 2.68 bits per heavy atom. The standard InChI is InChI=1S/C14H8ClFN2O/c15-13-11(16)8-17-18(14(13)19)12-7-3-5-9-4-1-2-6-10(9)12/h1-8H. The Labute approximate surface area is 112 Å². The molecule has 0 aliphatic carbocycles. The van der Waals surface area contributed by atoms with E-state index in [1.165, 1.54) is 0 Å². The predicted molar refractivity (Wildman–Crippen MR) is 72.3 cm³/mol. The lowest BCUT2D eigenvalue weighted by Crippen LogP contribution is -2.22. The molecule has 0 atom stereocenters. The van der Waals surface area contributed by atoms with Crippen molar-refractivity contribution in [3.05, 3.63) is 69.9 Å². The highest BCUT2D eigenvalue weighted by Gasteiger charge is 2.11. The van der Waals surface area contributed by atoms with Gasteiger partial charge in [0.2, 0.25) is 0 Å². The van der Waals surface area contributed by atoms with Crippen molar-refractivity contribution in [1.29, 1.82) is 0 Å². The molecule has 5 heteroatoms. The summed E-state index contributed by atoms with van der Waals surface area (Å²) in [5.41, 5.74) is -0.0944. The molecule has 0 aliphatic rings. The van der Waals surface area contributed by atoms with Gasteiger partial charge in [-0.1, -0.05) is 48.0 Å². The predicted octanol–water partition coefficient (Wildman–Crippen LogP) is 3.18. The van der Waals surface area contributed by atoms with Crippen LogP contribution in [-0.4, -0.2) is 9.78 Å². The molecule has 0 spiro atoms. The highest BCUT2D eigenvalue weighted by atomic mass is 35.5. The Kier molecular flexibility index (Phi) is 2.80. The normalized spacial score (nSPS) is 10.8. The molecule has 0 N–H and O–H groups in total. The van der Waals surface area contributed by atoms with Crippen LogP contribution in [0.15, 0.2) is 53.5 Å². The molecule has 0 amide bonds. The summed E-state index contributed by atoms with van der Waals surface area (Å²) in [7, 11) is 0. The van der Waals surface area contributed by atoms with Crippen LogP contribution in [0, 0.1) is 5.82 Å². The summed E-state index contributed by atoms with van der Waals surface area (Å²) < 4.78 is 14.3. The van der Waals surface area contributed by atoms with Gasteiger partial charge in [0.1, 0.15) is 5.02 Å². The molecule has 19 heavy (non-hydrogen) atoms. The summed E-state index contributed by atoms with van der Waals surface area (Å²) in [6.07, 6.45) is 0.936. The van der Waals surface area contributed by atoms with Crippen molar-refractivity contribution in [3.63, 3.8) is 0 Å². The number of benzene rings is 2. The van der Waals surface area contributed by atoms with E-state index in [0.717, 1.165) is 21.7 Å². The van der Waals surface area contributed by atoms with Gasteiger partial charge in [-0.2, -0.15) is 9.78 Å². The van der Waals surface area contributed by atoms with Gasteiger partial charge in [-0.25, -0.2) is 4.39 Å². The quantitative estimate of drug-likeness (QED) is 0.683. The van der Waals surface area contributed by atoms with E-state index in [2.05, 4.69) is 5.10 Å². The van der Waals surface area contributed by atoms with Crippen LogP contribution >= 0.6 is 11.6 Å². The van der Waals surface area contributed by atoms with Crippen LogP contribution in [-0.2, 0) is 0 Å². The molecule has 1 aromatic heterocycles. The van der Waals surface area contributed by atoms with Crippen molar-refractivity contribution in [2.45, 2.75) is 0 Å². The third kappa shape index (κ3) is 1.90. The van der Waals surface area contributed by atoms with E-state index in [-0.39, 0.29) is 0 Å². The van der Waals surface area contributed by atoms with Gasteiger partial charge < -0.3 is 0 Å². The molecular formula is C14H8ClFN2O. The van der Waals surface area contributed by atoms with E-state index in [1.54, 1.807) is 6.07 Å². The lowest BCUT2D eigenvalue weighted by atomic mass is 10.1. The molecule has 1 heterocycles. The Hall–Kier alpha value is -2.20. The molecule has 0 bridgehead atoms. The van der Waals surface area contributed by atoms with Crippen molar-refractivity contribution in [2.24, 2.45) is 0 Å². The monoisotopic (exact) mass is 274 g/mol. The van der Waals surface area contributed by atoms with Crippen molar-refractivity contribution < 1.29 is 4.39 Å². The molecule has 0 saturated carbocycles. The zero-order valence-electron chi connectivity index (χ0n) is 9.68. The summed E-state index contributed by atoms with van der Waals surface area (Å²) in [6, 6.07) is 13.0. The maximum Gasteiger partial charge on any atom is 0.293 e. The van der Waals surface area contributed by atoms with Gasteiger partial charge in [0.05, 0.1) is 11.9 Å². The summed E-state index contributed by atoms with van der Waals surface area (Å²) >= 11 is 5.64. The second kappa shape index (κ2) is 4.48. The molecule has 0 radical (unpaired) electrons. The van der Waals surface area contributed by atoms with E-state index in [9.17, 15) is 9.18 Å². The minimum Gasteiger partial charge on any atom is -0.266 e. The lowest BCUT2D eigenvalue weighted by molar-refractivity contribution is 0.601. The average molecular weight is 275 g/mol. The molecule has 3 aromatic rings. The van der Waals surface area contributed by atoms with E-state index in [1.807, 2.05) is 36.4 Å². The van der Waals surface area contributed by atoms with E-state index in [0.29, 0.717) is 5.69 Å². The largest absolute Gasteiger partial charge is 0.293 e. The Morgan fingerprint density at radius 1 is 1.11 bits per heavy atom. The first-order valence-electron chi connectivity index (χ1n) is 5.60. The number of hydrogen-bond acceptors (Lipinski definition) is 2. The third-order valence-electron chi connectivity index (χ3n) is 2.87. The lowest BCUT2D eigenvalue weighted by Gasteiger charge is -2.08. The minimum absolute atomic E-state index is 0.456. The zero-order valence-corrected chi connectivity index (χ0v) is 10.4. The minimum atomic E-state index is -0.817. The Bertz CT molecular complexity index is 824. The summed E-state index contributed by atoms with van der Waals surface area (Å²) in [5.74, 6) is -0.817. The van der Waals surface area contributed by atoms with Crippen LogP contribution in [0.1, 0.15) is 0 Å². The molecule has 94 valence electrons. The van der Waals surface area contributed by atoms with Gasteiger partial charge in [-0.15, -0.1) is 0 Å². The van der Waals surface area contributed by atoms with Gasteiger partial charge in [-0.05, 0) is 11.5 Å². The number of hydrogen-bond donors (Lipinski definition) is 0. The van der Waals surface area contributed by atoms with E-state index in [4.69, 9.17) is 11.6 Å². The number of rotatable bonds is 1. The Balaban J connectivity index is 2.37. The fourth-order valence-corrected chi connectivity index (χ4v) is 2.11. The van der Waals surface area contributed by atoms with Crippen LogP contribution < -0.4 is 5.56 Å². The maximum atomic E-state index is 13.2. The first kappa shape index (κ1) is 11.9. The van der Waals surface area contributed by atoms with Crippen LogP contribution in [0.25, 0.3) is 16.5 Å². The number of nitrogens with zero attached hydrogens (tertiary/aromatic N) is 2. The second-order valence-corrected chi connectivity index (χ2v) is 4.40. The first-order chi connectivity index (χ1) is 9.18. The van der Waals surface area contributed by atoms with Crippen molar-refractivity contribution in [2.75, 3.05) is 0 Å². The molecule has 0 fully saturated rings. The van der Waals surface area contributed by atoms with Crippen LogP contribution in [0.4, 0.5) is 4.39 Å². The fraction of sp³-hybridized carbons (Fsp3) is 0. The molecular weight excluding hydrogens is 267 g/mol.